The molecular weight excluding hydrogens is 310 g/mol. The molecule has 0 aromatic heterocycles. The fourth-order valence-electron chi connectivity index (χ4n) is 9.23. The lowest BCUT2D eigenvalue weighted by atomic mass is 9.34. The Kier molecular flexibility index (Phi) is 2.95. The Labute approximate surface area is 151 Å². The second-order valence-corrected chi connectivity index (χ2v) is 10.6. The molecule has 5 aliphatic carbocycles. The lowest BCUT2D eigenvalue weighted by molar-refractivity contribution is -0.290. The van der Waals surface area contributed by atoms with Crippen LogP contribution in [-0.4, -0.2) is 42.0 Å². The summed E-state index contributed by atoms with van der Waals surface area (Å²) in [5.74, 6) is 1.99. The molecule has 3 nitrogen and oxygen atoms in total. The molecule has 0 radical (unpaired) electrons. The molecule has 2 saturated heterocycles. The molecule has 0 aromatic rings. The van der Waals surface area contributed by atoms with Crippen molar-refractivity contribution in [2.75, 3.05) is 19.7 Å². The fourth-order valence-corrected chi connectivity index (χ4v) is 9.23. The van der Waals surface area contributed by atoms with Gasteiger partial charge in [0.15, 0.2) is 0 Å². The number of hydrogen-bond acceptors (Lipinski definition) is 3. The molecule has 5 unspecified atom stereocenters. The van der Waals surface area contributed by atoms with E-state index in [0.717, 1.165) is 24.6 Å². The molecule has 138 valence electrons. The highest BCUT2D eigenvalue weighted by molar-refractivity contribution is 5.28. The third-order valence-corrected chi connectivity index (χ3v) is 10.00. The highest BCUT2D eigenvalue weighted by Gasteiger charge is 2.73. The third-order valence-electron chi connectivity index (χ3n) is 10.00. The van der Waals surface area contributed by atoms with E-state index in [-0.39, 0.29) is 11.5 Å². The highest BCUT2D eigenvalue weighted by atomic mass is 16.5. The molecule has 25 heavy (non-hydrogen) atoms. The number of aliphatic hydroxyl groups is 1. The zero-order valence-corrected chi connectivity index (χ0v) is 15.7. The molecule has 7 aliphatic rings. The largest absolute Gasteiger partial charge is 0.388 e. The standard InChI is InChI=1S/C22H33NO2/c1-14-15-4-8-21(18(14)24)9-5-16-20(2)6-3-7-22(16,17(21)12-15)19-23(13-20)10-11-25-19/h15-19,24H,1,3-13H2,2H3/t15?,16?,17?,18-,19-,20+,21?,22?/m1/s1. The SMILES string of the molecule is C=C1C2CCC3(CCC4C5(CCC[C@@]4(C)CN4CCO[C@@H]45)C3C2)[C@@H]1O. The minimum atomic E-state index is -0.259. The number of rotatable bonds is 0. The van der Waals surface area contributed by atoms with Crippen molar-refractivity contribution >= 4 is 0 Å². The summed E-state index contributed by atoms with van der Waals surface area (Å²) in [7, 11) is 0. The van der Waals surface area contributed by atoms with Gasteiger partial charge in [-0.25, -0.2) is 0 Å². The van der Waals surface area contributed by atoms with Crippen molar-refractivity contribution in [3.05, 3.63) is 12.2 Å². The van der Waals surface area contributed by atoms with Crippen LogP contribution in [0.25, 0.3) is 0 Å². The van der Waals surface area contributed by atoms with Crippen molar-refractivity contribution in [1.29, 1.82) is 0 Å². The van der Waals surface area contributed by atoms with Crippen molar-refractivity contribution in [3.8, 4) is 0 Å². The lowest BCUT2D eigenvalue weighted by Gasteiger charge is -2.73. The van der Waals surface area contributed by atoms with E-state index in [0.29, 0.717) is 28.9 Å². The molecule has 8 atom stereocenters. The van der Waals surface area contributed by atoms with Crippen LogP contribution in [0.1, 0.15) is 58.3 Å². The van der Waals surface area contributed by atoms with Crippen LogP contribution < -0.4 is 0 Å². The average molecular weight is 344 g/mol. The van der Waals surface area contributed by atoms with Gasteiger partial charge in [0.25, 0.3) is 0 Å². The monoisotopic (exact) mass is 343 g/mol. The van der Waals surface area contributed by atoms with Crippen LogP contribution in [0.2, 0.25) is 0 Å². The summed E-state index contributed by atoms with van der Waals surface area (Å²) in [4.78, 5) is 2.69. The molecule has 2 aliphatic heterocycles. The van der Waals surface area contributed by atoms with Crippen LogP contribution in [0.4, 0.5) is 0 Å². The Morgan fingerprint density at radius 1 is 1.16 bits per heavy atom. The van der Waals surface area contributed by atoms with Gasteiger partial charge in [0.1, 0.15) is 6.23 Å². The Morgan fingerprint density at radius 2 is 2.00 bits per heavy atom. The quantitative estimate of drug-likeness (QED) is 0.683. The van der Waals surface area contributed by atoms with Crippen molar-refractivity contribution in [3.63, 3.8) is 0 Å². The van der Waals surface area contributed by atoms with Crippen LogP contribution >= 0.6 is 0 Å². The lowest BCUT2D eigenvalue weighted by Crippen LogP contribution is -2.73. The van der Waals surface area contributed by atoms with E-state index in [1.165, 1.54) is 57.9 Å². The summed E-state index contributed by atoms with van der Waals surface area (Å²) < 4.78 is 6.49. The van der Waals surface area contributed by atoms with Gasteiger partial charge in [-0.15, -0.1) is 0 Å². The number of ether oxygens (including phenoxy) is 1. The minimum absolute atomic E-state index is 0.107. The Morgan fingerprint density at radius 3 is 2.88 bits per heavy atom. The molecule has 0 aromatic carbocycles. The van der Waals surface area contributed by atoms with Crippen LogP contribution in [0.5, 0.6) is 0 Å². The maximum absolute atomic E-state index is 11.3. The highest BCUT2D eigenvalue weighted by Crippen LogP contribution is 2.75. The Bertz CT molecular complexity index is 634. The first-order chi connectivity index (χ1) is 12.0. The first-order valence-electron chi connectivity index (χ1n) is 10.7. The summed E-state index contributed by atoms with van der Waals surface area (Å²) in [5.41, 5.74) is 2.02. The van der Waals surface area contributed by atoms with Gasteiger partial charge < -0.3 is 9.84 Å². The predicted octanol–water partition coefficient (Wildman–Crippen LogP) is 3.58. The summed E-state index contributed by atoms with van der Waals surface area (Å²) in [6.45, 7) is 10.2. The average Bonchev–Trinajstić information content (AvgIpc) is 3.06. The molecule has 1 spiro atoms. The van der Waals surface area contributed by atoms with Crippen LogP contribution in [-0.2, 0) is 4.74 Å². The van der Waals surface area contributed by atoms with Crippen molar-refractivity contribution in [1.82, 2.24) is 4.90 Å². The maximum atomic E-state index is 11.3. The van der Waals surface area contributed by atoms with Gasteiger partial charge in [0, 0.05) is 23.9 Å². The summed E-state index contributed by atoms with van der Waals surface area (Å²) in [5, 5.41) is 11.3. The van der Waals surface area contributed by atoms with Gasteiger partial charge in [-0.05, 0) is 73.7 Å². The first kappa shape index (κ1) is 15.7. The van der Waals surface area contributed by atoms with Gasteiger partial charge in [-0.3, -0.25) is 4.90 Å². The fraction of sp³-hybridized carbons (Fsp3) is 0.909. The molecule has 4 bridgehead atoms. The summed E-state index contributed by atoms with van der Waals surface area (Å²) in [6, 6.07) is 0. The molecule has 3 heteroatoms. The van der Waals surface area contributed by atoms with E-state index >= 15 is 0 Å². The van der Waals surface area contributed by atoms with Crippen molar-refractivity contribution in [2.45, 2.75) is 70.6 Å². The van der Waals surface area contributed by atoms with Crippen molar-refractivity contribution in [2.24, 2.45) is 34.0 Å². The van der Waals surface area contributed by atoms with Crippen LogP contribution in [0.3, 0.4) is 0 Å². The van der Waals surface area contributed by atoms with E-state index in [4.69, 9.17) is 4.74 Å². The second kappa shape index (κ2) is 4.72. The minimum Gasteiger partial charge on any atom is -0.388 e. The van der Waals surface area contributed by atoms with E-state index in [2.05, 4.69) is 18.4 Å². The summed E-state index contributed by atoms with van der Waals surface area (Å²) >= 11 is 0. The predicted molar refractivity (Wildman–Crippen MR) is 96.8 cm³/mol. The van der Waals surface area contributed by atoms with E-state index in [1.54, 1.807) is 0 Å². The summed E-state index contributed by atoms with van der Waals surface area (Å²) in [6.07, 6.45) is 10.4. The molecule has 7 fully saturated rings. The molecule has 2 heterocycles. The topological polar surface area (TPSA) is 32.7 Å². The van der Waals surface area contributed by atoms with Gasteiger partial charge in [-0.1, -0.05) is 19.9 Å². The molecular formula is C22H33NO2. The smallest absolute Gasteiger partial charge is 0.117 e. The van der Waals surface area contributed by atoms with E-state index < -0.39 is 0 Å². The van der Waals surface area contributed by atoms with Crippen LogP contribution in [0.15, 0.2) is 12.2 Å². The number of aliphatic hydroxyl groups excluding tert-OH is 1. The van der Waals surface area contributed by atoms with Gasteiger partial charge in [0.2, 0.25) is 0 Å². The number of piperidine rings is 1. The van der Waals surface area contributed by atoms with Crippen molar-refractivity contribution < 1.29 is 9.84 Å². The molecule has 1 N–H and O–H groups in total. The van der Waals surface area contributed by atoms with E-state index in [1.807, 2.05) is 0 Å². The third kappa shape index (κ3) is 1.62. The van der Waals surface area contributed by atoms with Crippen LogP contribution in [0, 0.1) is 34.0 Å². The number of nitrogens with zero attached hydrogens (tertiary/aromatic N) is 1. The zero-order chi connectivity index (χ0) is 17.0. The molecule has 5 saturated carbocycles. The maximum Gasteiger partial charge on any atom is 0.117 e. The Hall–Kier alpha value is -0.380. The first-order valence-corrected chi connectivity index (χ1v) is 10.7. The normalized spacial score (nSPS) is 60.1. The number of hydrogen-bond donors (Lipinski definition) is 1. The second-order valence-electron chi connectivity index (χ2n) is 10.6. The van der Waals surface area contributed by atoms with Gasteiger partial charge in [0.05, 0.1) is 12.7 Å². The molecule has 7 rings (SSSR count). The van der Waals surface area contributed by atoms with E-state index in [9.17, 15) is 5.11 Å². The Balaban J connectivity index is 1.53. The number of fused-ring (bicyclic) bond motifs is 3. The van der Waals surface area contributed by atoms with Gasteiger partial charge in [-0.2, -0.15) is 0 Å². The van der Waals surface area contributed by atoms with Gasteiger partial charge >= 0.3 is 0 Å². The zero-order valence-electron chi connectivity index (χ0n) is 15.7. The molecule has 0 amide bonds.